The molecule has 1 rings (SSSR count). The minimum Gasteiger partial charge on any atom is -0.307 e. The minimum atomic E-state index is 0.163. The topological polar surface area (TPSA) is 37.8 Å². The van der Waals surface area contributed by atoms with Crippen molar-refractivity contribution in [3.63, 3.8) is 0 Å². The molecule has 0 saturated heterocycles. The average Bonchev–Trinajstić information content (AvgIpc) is 2.15. The molecule has 1 N–H and O–H groups in total. The normalized spacial score (nSPS) is 12.4. The quantitative estimate of drug-likeness (QED) is 0.680. The number of rotatable bonds is 4. The van der Waals surface area contributed by atoms with Gasteiger partial charge in [0, 0.05) is 18.0 Å². The second-order valence-corrected chi connectivity index (χ2v) is 2.44. The maximum absolute atomic E-state index is 3.94. The first-order valence-corrected chi connectivity index (χ1v) is 3.99. The maximum Gasteiger partial charge on any atom is 0.115 e. The van der Waals surface area contributed by atoms with Crippen molar-refractivity contribution in [3.05, 3.63) is 36.9 Å². The fraction of sp³-hybridized carbons (Fsp3) is 0.333. The van der Waals surface area contributed by atoms with Gasteiger partial charge < -0.3 is 5.32 Å². The van der Waals surface area contributed by atoms with E-state index in [0.717, 1.165) is 12.1 Å². The number of likely N-dealkylation sites (N-methyl/N-ethyl adjacent to an activating group) is 1. The Balaban J connectivity index is 2.73. The van der Waals surface area contributed by atoms with Gasteiger partial charge in [-0.3, -0.25) is 0 Å². The lowest BCUT2D eigenvalue weighted by atomic mass is 10.1. The highest BCUT2D eigenvalue weighted by atomic mass is 14.9. The number of hydrogen-bond donors (Lipinski definition) is 1. The summed E-state index contributed by atoms with van der Waals surface area (Å²) in [5.74, 6) is 0. The number of aromatic nitrogens is 2. The van der Waals surface area contributed by atoms with Crippen molar-refractivity contribution in [2.75, 3.05) is 6.54 Å². The lowest BCUT2D eigenvalue weighted by Gasteiger charge is -2.11. The molecule has 0 amide bonds. The minimum absolute atomic E-state index is 0.163. The number of hydrogen-bond acceptors (Lipinski definition) is 3. The summed E-state index contributed by atoms with van der Waals surface area (Å²) in [6.45, 7) is 6.70. The van der Waals surface area contributed by atoms with Crippen LogP contribution in [0.1, 0.15) is 18.5 Å². The Morgan fingerprint density at radius 3 is 2.75 bits per heavy atom. The fourth-order valence-electron chi connectivity index (χ4n) is 1.03. The van der Waals surface area contributed by atoms with Gasteiger partial charge >= 0.3 is 0 Å². The molecule has 0 fully saturated rings. The Hall–Kier alpha value is -1.22. The molecule has 1 atom stereocenters. The van der Waals surface area contributed by atoms with Crippen LogP contribution in [-0.2, 0) is 0 Å². The van der Waals surface area contributed by atoms with Gasteiger partial charge in [0.05, 0.1) is 6.04 Å². The molecule has 0 aliphatic heterocycles. The van der Waals surface area contributed by atoms with Gasteiger partial charge in [-0.05, 0) is 6.54 Å². The fourth-order valence-corrected chi connectivity index (χ4v) is 1.03. The van der Waals surface area contributed by atoms with E-state index in [1.54, 1.807) is 12.4 Å². The molecule has 0 saturated carbocycles. The molecule has 3 heteroatoms. The summed E-state index contributed by atoms with van der Waals surface area (Å²) in [6, 6.07) is 0.163. The Labute approximate surface area is 72.6 Å². The first kappa shape index (κ1) is 8.87. The van der Waals surface area contributed by atoms with E-state index >= 15 is 0 Å². The molecule has 1 aromatic rings. The van der Waals surface area contributed by atoms with E-state index in [9.17, 15) is 0 Å². The lowest BCUT2D eigenvalue weighted by molar-refractivity contribution is 0.644. The van der Waals surface area contributed by atoms with E-state index in [-0.39, 0.29) is 6.04 Å². The molecule has 0 aliphatic rings. The van der Waals surface area contributed by atoms with Crippen molar-refractivity contribution < 1.29 is 0 Å². The van der Waals surface area contributed by atoms with Crippen LogP contribution in [0, 0.1) is 0 Å². The van der Waals surface area contributed by atoms with Crippen molar-refractivity contribution >= 4 is 0 Å². The zero-order valence-corrected chi connectivity index (χ0v) is 7.20. The van der Waals surface area contributed by atoms with Crippen molar-refractivity contribution in [1.29, 1.82) is 0 Å². The van der Waals surface area contributed by atoms with Gasteiger partial charge in [0.25, 0.3) is 0 Å². The van der Waals surface area contributed by atoms with Crippen molar-refractivity contribution in [2.45, 2.75) is 13.0 Å². The smallest absolute Gasteiger partial charge is 0.115 e. The average molecular weight is 163 g/mol. The second-order valence-electron chi connectivity index (χ2n) is 2.44. The molecule has 0 aliphatic carbocycles. The van der Waals surface area contributed by atoms with Gasteiger partial charge in [-0.25, -0.2) is 9.97 Å². The van der Waals surface area contributed by atoms with E-state index in [1.165, 1.54) is 6.33 Å². The Morgan fingerprint density at radius 2 is 2.25 bits per heavy atom. The number of nitrogens with zero attached hydrogens (tertiary/aromatic N) is 2. The molecule has 0 radical (unpaired) electrons. The van der Waals surface area contributed by atoms with Crippen LogP contribution < -0.4 is 5.32 Å². The molecule has 1 heterocycles. The van der Waals surface area contributed by atoms with Crippen LogP contribution in [0.3, 0.4) is 0 Å². The van der Waals surface area contributed by atoms with Gasteiger partial charge in [0.2, 0.25) is 0 Å². The van der Waals surface area contributed by atoms with E-state index < -0.39 is 0 Å². The van der Waals surface area contributed by atoms with Gasteiger partial charge in [0.1, 0.15) is 6.33 Å². The Morgan fingerprint density at radius 1 is 1.58 bits per heavy atom. The van der Waals surface area contributed by atoms with Crippen LogP contribution in [0.4, 0.5) is 0 Å². The van der Waals surface area contributed by atoms with Crippen LogP contribution >= 0.6 is 0 Å². The van der Waals surface area contributed by atoms with Crippen LogP contribution in [0.2, 0.25) is 0 Å². The molecule has 0 bridgehead atoms. The summed E-state index contributed by atoms with van der Waals surface area (Å²) >= 11 is 0. The number of nitrogens with one attached hydrogen (secondary N) is 1. The lowest BCUT2D eigenvalue weighted by Crippen LogP contribution is -2.18. The highest BCUT2D eigenvalue weighted by molar-refractivity contribution is 5.14. The van der Waals surface area contributed by atoms with Crippen molar-refractivity contribution in [3.8, 4) is 0 Å². The summed E-state index contributed by atoms with van der Waals surface area (Å²) in [7, 11) is 0. The van der Waals surface area contributed by atoms with Crippen LogP contribution in [0.25, 0.3) is 0 Å². The Kier molecular flexibility index (Phi) is 3.41. The van der Waals surface area contributed by atoms with Crippen LogP contribution in [-0.4, -0.2) is 16.5 Å². The molecular weight excluding hydrogens is 150 g/mol. The van der Waals surface area contributed by atoms with Crippen LogP contribution in [0.15, 0.2) is 31.4 Å². The Bertz CT molecular complexity index is 233. The predicted octanol–water partition coefficient (Wildman–Crippen LogP) is 1.31. The first-order valence-electron chi connectivity index (χ1n) is 3.99. The monoisotopic (exact) mass is 163 g/mol. The third-order valence-electron chi connectivity index (χ3n) is 1.60. The zero-order chi connectivity index (χ0) is 8.81. The third kappa shape index (κ3) is 2.13. The van der Waals surface area contributed by atoms with Crippen molar-refractivity contribution in [1.82, 2.24) is 15.3 Å². The molecule has 3 nitrogen and oxygen atoms in total. The summed E-state index contributed by atoms with van der Waals surface area (Å²) in [5.41, 5.74) is 1.05. The standard InChI is InChI=1S/C9H13N3/c1-3-9(12-4-2)8-5-10-7-11-6-8/h3,5-7,9,12H,1,4H2,2H3. The molecule has 0 spiro atoms. The molecule has 1 unspecified atom stereocenters. The van der Waals surface area contributed by atoms with E-state index in [2.05, 4.69) is 28.8 Å². The van der Waals surface area contributed by atoms with E-state index in [4.69, 9.17) is 0 Å². The first-order chi connectivity index (χ1) is 5.88. The summed E-state index contributed by atoms with van der Waals surface area (Å²) < 4.78 is 0. The third-order valence-corrected chi connectivity index (χ3v) is 1.60. The van der Waals surface area contributed by atoms with Gasteiger partial charge in [-0.1, -0.05) is 13.0 Å². The highest BCUT2D eigenvalue weighted by Crippen LogP contribution is 2.09. The van der Waals surface area contributed by atoms with Crippen LogP contribution in [0.5, 0.6) is 0 Å². The van der Waals surface area contributed by atoms with Crippen molar-refractivity contribution in [2.24, 2.45) is 0 Å². The molecule has 1 aromatic heterocycles. The molecular formula is C9H13N3. The summed E-state index contributed by atoms with van der Waals surface area (Å²) in [4.78, 5) is 7.87. The predicted molar refractivity (Wildman–Crippen MR) is 48.6 cm³/mol. The van der Waals surface area contributed by atoms with Gasteiger partial charge in [-0.15, -0.1) is 6.58 Å². The second kappa shape index (κ2) is 4.62. The molecule has 64 valence electrons. The summed E-state index contributed by atoms with van der Waals surface area (Å²) in [5, 5.41) is 3.25. The zero-order valence-electron chi connectivity index (χ0n) is 7.20. The highest BCUT2D eigenvalue weighted by Gasteiger charge is 2.04. The van der Waals surface area contributed by atoms with E-state index in [0.29, 0.717) is 0 Å². The van der Waals surface area contributed by atoms with Gasteiger partial charge in [-0.2, -0.15) is 0 Å². The summed E-state index contributed by atoms with van der Waals surface area (Å²) in [6.07, 6.45) is 6.96. The van der Waals surface area contributed by atoms with E-state index in [1.807, 2.05) is 6.08 Å². The molecule has 0 aromatic carbocycles. The largest absolute Gasteiger partial charge is 0.307 e. The maximum atomic E-state index is 3.94. The molecule has 12 heavy (non-hydrogen) atoms. The SMILES string of the molecule is C=CC(NCC)c1cncnc1. The van der Waals surface area contributed by atoms with Gasteiger partial charge in [0.15, 0.2) is 0 Å².